The number of hydrogen-bond acceptors (Lipinski definition) is 1. The number of halogens is 1. The van der Waals surface area contributed by atoms with Crippen LogP contribution < -0.4 is 4.43 Å². The van der Waals surface area contributed by atoms with Crippen LogP contribution in [0.5, 0.6) is 5.75 Å². The first kappa shape index (κ1) is 16.9. The van der Waals surface area contributed by atoms with Crippen LogP contribution in [0.3, 0.4) is 0 Å². The fourth-order valence-electron chi connectivity index (χ4n) is 3.89. The van der Waals surface area contributed by atoms with Gasteiger partial charge in [0.15, 0.2) is 0 Å². The molecular weight excluding hydrogens is 388 g/mol. The van der Waals surface area contributed by atoms with E-state index in [1.807, 2.05) is 0 Å². The van der Waals surface area contributed by atoms with E-state index in [9.17, 15) is 0 Å². The lowest BCUT2D eigenvalue weighted by molar-refractivity contribution is 0.525. The summed E-state index contributed by atoms with van der Waals surface area (Å²) in [5.41, 5.74) is 1.34. The Balaban J connectivity index is 2.24. The summed E-state index contributed by atoms with van der Waals surface area (Å²) in [6.07, 6.45) is 0. The molecule has 4 aromatic rings. The molecule has 127 valence electrons. The van der Waals surface area contributed by atoms with Crippen LogP contribution in [0.15, 0.2) is 46.9 Å². The summed E-state index contributed by atoms with van der Waals surface area (Å²) in [5.74, 6) is 1.05. The molecule has 0 heterocycles. The maximum absolute atomic E-state index is 6.34. The molecule has 1 radical (unpaired) electrons. The lowest BCUT2D eigenvalue weighted by atomic mass is 9.80. The molecule has 0 saturated heterocycles. The van der Waals surface area contributed by atoms with Crippen LogP contribution in [0.25, 0.3) is 32.3 Å². The second-order valence-electron chi connectivity index (χ2n) is 7.98. The Labute approximate surface area is 159 Å². The van der Waals surface area contributed by atoms with Gasteiger partial charge < -0.3 is 4.43 Å². The highest BCUT2D eigenvalue weighted by molar-refractivity contribution is 9.10. The van der Waals surface area contributed by atoms with E-state index in [2.05, 4.69) is 92.3 Å². The molecule has 4 aromatic carbocycles. The molecular formula is C22H22BrOSi. The van der Waals surface area contributed by atoms with Crippen molar-refractivity contribution in [3.8, 4) is 5.75 Å². The van der Waals surface area contributed by atoms with Gasteiger partial charge in [-0.05, 0) is 63.0 Å². The first-order chi connectivity index (χ1) is 11.8. The van der Waals surface area contributed by atoms with Crippen molar-refractivity contribution in [3.05, 3.63) is 52.5 Å². The average molecular weight is 410 g/mol. The smallest absolute Gasteiger partial charge is 0.274 e. The minimum absolute atomic E-state index is 0.0200. The summed E-state index contributed by atoms with van der Waals surface area (Å²) in [5, 5.41) is 7.85. The van der Waals surface area contributed by atoms with Crippen LogP contribution in [0.2, 0.25) is 13.1 Å². The Morgan fingerprint density at radius 2 is 1.44 bits per heavy atom. The van der Waals surface area contributed by atoms with E-state index in [0.29, 0.717) is 0 Å². The lowest BCUT2D eigenvalue weighted by Gasteiger charge is -2.27. The first-order valence-corrected chi connectivity index (χ1v) is 11.9. The van der Waals surface area contributed by atoms with Crippen LogP contribution in [0.1, 0.15) is 26.3 Å². The third kappa shape index (κ3) is 2.65. The number of benzene rings is 4. The predicted octanol–water partition coefficient (Wildman–Crippen LogP) is 7.27. The van der Waals surface area contributed by atoms with Crippen molar-refractivity contribution in [3.63, 3.8) is 0 Å². The molecule has 0 bridgehead atoms. The van der Waals surface area contributed by atoms with Crippen LogP contribution in [-0.2, 0) is 5.41 Å². The standard InChI is InChI=1S/C22H22BrOSi/c1-22(2,3)21-16-10-9-15-17(23)11-8-13-6-7-14(20(16)19(13)15)12-18(21)24-25(4)5/h6-12H,1-5H3. The Morgan fingerprint density at radius 3 is 2.12 bits per heavy atom. The summed E-state index contributed by atoms with van der Waals surface area (Å²) in [7, 11) is -0.826. The van der Waals surface area contributed by atoms with Gasteiger partial charge >= 0.3 is 0 Å². The predicted molar refractivity (Wildman–Crippen MR) is 115 cm³/mol. The molecule has 0 atom stereocenters. The second-order valence-corrected chi connectivity index (χ2v) is 10.9. The van der Waals surface area contributed by atoms with Crippen molar-refractivity contribution < 1.29 is 4.43 Å². The zero-order chi connectivity index (χ0) is 17.9. The summed E-state index contributed by atoms with van der Waals surface area (Å²) >= 11 is 3.73. The Kier molecular flexibility index (Phi) is 3.85. The fourth-order valence-corrected chi connectivity index (χ4v) is 4.95. The number of rotatable bonds is 2. The monoisotopic (exact) mass is 409 g/mol. The highest BCUT2D eigenvalue weighted by Gasteiger charge is 2.25. The van der Waals surface area contributed by atoms with E-state index in [1.54, 1.807) is 0 Å². The first-order valence-electron chi connectivity index (χ1n) is 8.66. The van der Waals surface area contributed by atoms with E-state index in [4.69, 9.17) is 4.43 Å². The van der Waals surface area contributed by atoms with Crippen molar-refractivity contribution in [1.29, 1.82) is 0 Å². The molecule has 4 rings (SSSR count). The Bertz CT molecular complexity index is 1090. The van der Waals surface area contributed by atoms with Crippen LogP contribution >= 0.6 is 15.9 Å². The van der Waals surface area contributed by atoms with E-state index in [-0.39, 0.29) is 5.41 Å². The largest absolute Gasteiger partial charge is 0.542 e. The van der Waals surface area contributed by atoms with Gasteiger partial charge in [-0.15, -0.1) is 0 Å². The fraction of sp³-hybridized carbons (Fsp3) is 0.273. The van der Waals surface area contributed by atoms with Gasteiger partial charge in [-0.1, -0.05) is 67.0 Å². The van der Waals surface area contributed by atoms with Crippen molar-refractivity contribution in [2.45, 2.75) is 39.3 Å². The average Bonchev–Trinajstić information content (AvgIpc) is 2.52. The van der Waals surface area contributed by atoms with Gasteiger partial charge in [-0.2, -0.15) is 0 Å². The SMILES string of the molecule is C[Si](C)Oc1cc2ccc3ccc(Br)c4ccc(c1C(C)(C)C)c2c34. The maximum Gasteiger partial charge on any atom is 0.274 e. The zero-order valence-electron chi connectivity index (χ0n) is 15.3. The third-order valence-corrected chi connectivity index (χ3v) is 6.08. The van der Waals surface area contributed by atoms with Crippen LogP contribution in [0, 0.1) is 0 Å². The minimum atomic E-state index is -0.826. The Hall–Kier alpha value is -1.58. The van der Waals surface area contributed by atoms with E-state index in [0.717, 1.165) is 10.2 Å². The topological polar surface area (TPSA) is 9.23 Å². The van der Waals surface area contributed by atoms with Gasteiger partial charge in [0.25, 0.3) is 9.04 Å². The van der Waals surface area contributed by atoms with Gasteiger partial charge in [0.2, 0.25) is 0 Å². The molecule has 0 amide bonds. The van der Waals surface area contributed by atoms with E-state index >= 15 is 0 Å². The molecule has 0 aromatic heterocycles. The van der Waals surface area contributed by atoms with Gasteiger partial charge in [-0.3, -0.25) is 0 Å². The summed E-state index contributed by atoms with van der Waals surface area (Å²) in [4.78, 5) is 0. The molecule has 0 fully saturated rings. The molecule has 0 unspecified atom stereocenters. The second kappa shape index (κ2) is 5.71. The molecule has 0 saturated carbocycles. The van der Waals surface area contributed by atoms with Crippen LogP contribution in [-0.4, -0.2) is 9.04 Å². The minimum Gasteiger partial charge on any atom is -0.542 e. The molecule has 25 heavy (non-hydrogen) atoms. The quantitative estimate of drug-likeness (QED) is 0.249. The van der Waals surface area contributed by atoms with Gasteiger partial charge in [-0.25, -0.2) is 0 Å². The third-order valence-electron chi connectivity index (χ3n) is 4.76. The van der Waals surface area contributed by atoms with Gasteiger partial charge in [0.1, 0.15) is 5.75 Å². The van der Waals surface area contributed by atoms with E-state index < -0.39 is 9.04 Å². The van der Waals surface area contributed by atoms with Crippen molar-refractivity contribution in [1.82, 2.24) is 0 Å². The molecule has 0 spiro atoms. The Morgan fingerprint density at radius 1 is 0.840 bits per heavy atom. The normalized spacial score (nSPS) is 12.8. The molecule has 3 heteroatoms. The molecule has 0 aliphatic carbocycles. The molecule has 0 aliphatic heterocycles. The van der Waals surface area contributed by atoms with E-state index in [1.165, 1.54) is 37.9 Å². The highest BCUT2D eigenvalue weighted by atomic mass is 79.9. The summed E-state index contributed by atoms with van der Waals surface area (Å²) < 4.78 is 7.49. The molecule has 0 aliphatic rings. The summed E-state index contributed by atoms with van der Waals surface area (Å²) in [6, 6.07) is 15.6. The summed E-state index contributed by atoms with van der Waals surface area (Å²) in [6.45, 7) is 11.2. The van der Waals surface area contributed by atoms with Crippen molar-refractivity contribution in [2.24, 2.45) is 0 Å². The number of hydrogen-bond donors (Lipinski definition) is 0. The molecule has 0 N–H and O–H groups in total. The lowest BCUT2D eigenvalue weighted by Crippen LogP contribution is -2.18. The van der Waals surface area contributed by atoms with Crippen molar-refractivity contribution in [2.75, 3.05) is 0 Å². The van der Waals surface area contributed by atoms with Crippen molar-refractivity contribution >= 4 is 57.3 Å². The maximum atomic E-state index is 6.34. The molecule has 1 nitrogen and oxygen atoms in total. The van der Waals surface area contributed by atoms with Gasteiger partial charge in [0.05, 0.1) is 0 Å². The van der Waals surface area contributed by atoms with Gasteiger partial charge in [0, 0.05) is 10.0 Å². The zero-order valence-corrected chi connectivity index (χ0v) is 17.9. The van der Waals surface area contributed by atoms with Crippen LogP contribution in [0.4, 0.5) is 0 Å². The highest BCUT2D eigenvalue weighted by Crippen LogP contribution is 2.45.